The quantitative estimate of drug-likeness (QED) is 0.0735. The van der Waals surface area contributed by atoms with Gasteiger partial charge in [0.15, 0.2) is 12.6 Å². The van der Waals surface area contributed by atoms with Crippen LogP contribution in [0.5, 0.6) is 0 Å². The van der Waals surface area contributed by atoms with E-state index in [0.29, 0.717) is 26.1 Å². The molecular weight excluding hydrogens is 439 g/mol. The number of phosphoric acid groups is 1. The molecule has 0 aromatic rings. The molecule has 0 fully saturated rings. The molecule has 0 aliphatic rings. The van der Waals surface area contributed by atoms with Crippen LogP contribution in [0.3, 0.4) is 0 Å². The lowest BCUT2D eigenvalue weighted by molar-refractivity contribution is -0.131. The van der Waals surface area contributed by atoms with Crippen LogP contribution in [0.15, 0.2) is 0 Å². The fourth-order valence-corrected chi connectivity index (χ4v) is 4.73. The molecule has 0 saturated heterocycles. The van der Waals surface area contributed by atoms with Gasteiger partial charge >= 0.3 is 7.82 Å². The van der Waals surface area contributed by atoms with E-state index in [4.69, 9.17) is 18.5 Å². The highest BCUT2D eigenvalue weighted by atomic mass is 31.2. The first-order valence-corrected chi connectivity index (χ1v) is 15.4. The van der Waals surface area contributed by atoms with Crippen LogP contribution < -0.4 is 0 Å². The van der Waals surface area contributed by atoms with E-state index in [0.717, 1.165) is 25.7 Å². The monoisotopic (exact) mass is 494 g/mol. The number of hydrogen-bond donors (Lipinski definition) is 1. The summed E-state index contributed by atoms with van der Waals surface area (Å²) in [6.45, 7) is 9.25. The van der Waals surface area contributed by atoms with Crippen LogP contribution >= 0.6 is 7.82 Å². The molecule has 0 aromatic heterocycles. The zero-order valence-corrected chi connectivity index (χ0v) is 23.1. The number of rotatable bonds is 26. The van der Waals surface area contributed by atoms with E-state index < -0.39 is 20.4 Å². The van der Waals surface area contributed by atoms with E-state index in [1.165, 1.54) is 77.0 Å². The second kappa shape index (κ2) is 23.8. The van der Waals surface area contributed by atoms with Crippen molar-refractivity contribution in [2.45, 2.75) is 156 Å². The van der Waals surface area contributed by atoms with Gasteiger partial charge in [-0.25, -0.2) is 4.57 Å². The third-order valence-corrected chi connectivity index (χ3v) is 6.77. The highest BCUT2D eigenvalue weighted by Crippen LogP contribution is 2.47. The summed E-state index contributed by atoms with van der Waals surface area (Å²) in [4.78, 5) is 10.2. The fraction of sp³-hybridized carbons (Fsp3) is 1.00. The van der Waals surface area contributed by atoms with Crippen LogP contribution in [0.1, 0.15) is 143 Å². The highest BCUT2D eigenvalue weighted by molar-refractivity contribution is 7.47. The first kappa shape index (κ1) is 33.0. The van der Waals surface area contributed by atoms with Crippen LogP contribution in [0.2, 0.25) is 0 Å². The lowest BCUT2D eigenvalue weighted by Gasteiger charge is -2.23. The lowest BCUT2D eigenvalue weighted by atomic mass is 10.1. The minimum Gasteiger partial charge on any atom is -0.352 e. The molecule has 2 unspecified atom stereocenters. The lowest BCUT2D eigenvalue weighted by Crippen LogP contribution is -2.20. The summed E-state index contributed by atoms with van der Waals surface area (Å²) in [6.07, 6.45) is 19.0. The topological polar surface area (TPSA) is 74.2 Å². The van der Waals surface area contributed by atoms with Crippen molar-refractivity contribution in [3.8, 4) is 0 Å². The van der Waals surface area contributed by atoms with Gasteiger partial charge in [0.05, 0.1) is 0 Å². The minimum absolute atomic E-state index is 0.487. The molecular formula is C26H55O6P. The molecule has 0 amide bonds. The summed E-state index contributed by atoms with van der Waals surface area (Å²) in [5.41, 5.74) is 0. The van der Waals surface area contributed by atoms with Crippen molar-refractivity contribution in [3.63, 3.8) is 0 Å². The Labute approximate surface area is 205 Å². The third kappa shape index (κ3) is 22.3. The van der Waals surface area contributed by atoms with Gasteiger partial charge in [-0.05, 0) is 25.7 Å². The van der Waals surface area contributed by atoms with Gasteiger partial charge in [-0.3, -0.25) is 9.05 Å². The average molecular weight is 495 g/mol. The third-order valence-electron chi connectivity index (χ3n) is 5.77. The van der Waals surface area contributed by atoms with Gasteiger partial charge in [-0.15, -0.1) is 0 Å². The van der Waals surface area contributed by atoms with Crippen LogP contribution in [-0.4, -0.2) is 30.7 Å². The number of hydrogen-bond acceptors (Lipinski definition) is 5. The zero-order chi connectivity index (χ0) is 24.6. The predicted octanol–water partition coefficient (Wildman–Crippen LogP) is 8.91. The molecule has 0 heterocycles. The van der Waals surface area contributed by atoms with E-state index in [9.17, 15) is 9.46 Å². The smallest absolute Gasteiger partial charge is 0.352 e. The SMILES string of the molecule is CCCCCCCCCCOC(CC)OP(=O)(O)OC(CC)OCCCCCCCCCC. The van der Waals surface area contributed by atoms with E-state index in [1.54, 1.807) is 0 Å². The van der Waals surface area contributed by atoms with Crippen LogP contribution in [-0.2, 0) is 23.1 Å². The standard InChI is InChI=1S/C26H55O6P/c1-5-9-11-13-15-17-19-21-23-29-25(7-3)31-33(27,28)32-26(8-4)30-24-22-20-18-16-14-12-10-6-2/h25-26H,5-24H2,1-4H3,(H,27,28). The predicted molar refractivity (Wildman–Crippen MR) is 137 cm³/mol. The summed E-state index contributed by atoms with van der Waals surface area (Å²) in [5, 5.41) is 0. The molecule has 0 aromatic carbocycles. The van der Waals surface area contributed by atoms with Crippen molar-refractivity contribution in [2.75, 3.05) is 13.2 Å². The molecule has 2 atom stereocenters. The molecule has 33 heavy (non-hydrogen) atoms. The van der Waals surface area contributed by atoms with E-state index in [1.807, 2.05) is 13.8 Å². The minimum atomic E-state index is -4.24. The Morgan fingerprint density at radius 1 is 0.545 bits per heavy atom. The Balaban J connectivity index is 3.95. The van der Waals surface area contributed by atoms with Gasteiger partial charge < -0.3 is 14.4 Å². The first-order valence-electron chi connectivity index (χ1n) is 13.9. The van der Waals surface area contributed by atoms with Gasteiger partial charge in [-0.1, -0.05) is 118 Å². The van der Waals surface area contributed by atoms with E-state index in [-0.39, 0.29) is 0 Å². The molecule has 0 rings (SSSR count). The van der Waals surface area contributed by atoms with Crippen LogP contribution in [0, 0.1) is 0 Å². The Morgan fingerprint density at radius 3 is 1.15 bits per heavy atom. The Kier molecular flexibility index (Phi) is 23.8. The average Bonchev–Trinajstić information content (AvgIpc) is 2.80. The number of phosphoric ester groups is 1. The second-order valence-electron chi connectivity index (χ2n) is 9.05. The Morgan fingerprint density at radius 2 is 0.848 bits per heavy atom. The molecule has 0 radical (unpaired) electrons. The summed E-state index contributed by atoms with van der Waals surface area (Å²) in [7, 11) is -4.24. The van der Waals surface area contributed by atoms with Crippen molar-refractivity contribution < 1.29 is 28.0 Å². The number of unbranched alkanes of at least 4 members (excludes halogenated alkanes) is 14. The van der Waals surface area contributed by atoms with Gasteiger partial charge in [-0.2, -0.15) is 0 Å². The van der Waals surface area contributed by atoms with Crippen molar-refractivity contribution in [2.24, 2.45) is 0 Å². The molecule has 0 aliphatic carbocycles. The molecule has 0 aliphatic heterocycles. The Hall–Kier alpha value is 0.0300. The van der Waals surface area contributed by atoms with Crippen molar-refractivity contribution in [3.05, 3.63) is 0 Å². The molecule has 6 nitrogen and oxygen atoms in total. The summed E-state index contributed by atoms with van der Waals surface area (Å²) in [5.74, 6) is 0. The summed E-state index contributed by atoms with van der Waals surface area (Å²) in [6, 6.07) is 0. The maximum Gasteiger partial charge on any atom is 0.476 e. The molecule has 0 saturated carbocycles. The van der Waals surface area contributed by atoms with Crippen LogP contribution in [0.4, 0.5) is 0 Å². The van der Waals surface area contributed by atoms with Gasteiger partial charge in [0, 0.05) is 13.2 Å². The molecule has 0 bridgehead atoms. The van der Waals surface area contributed by atoms with Crippen LogP contribution in [0.25, 0.3) is 0 Å². The molecule has 0 spiro atoms. The summed E-state index contributed by atoms with van der Waals surface area (Å²) < 4.78 is 34.3. The molecule has 7 heteroatoms. The zero-order valence-electron chi connectivity index (χ0n) is 22.2. The first-order chi connectivity index (χ1) is 16.0. The van der Waals surface area contributed by atoms with E-state index >= 15 is 0 Å². The highest BCUT2D eigenvalue weighted by Gasteiger charge is 2.30. The summed E-state index contributed by atoms with van der Waals surface area (Å²) >= 11 is 0. The van der Waals surface area contributed by atoms with Gasteiger partial charge in [0.25, 0.3) is 0 Å². The molecule has 1 N–H and O–H groups in total. The van der Waals surface area contributed by atoms with Gasteiger partial charge in [0.2, 0.25) is 0 Å². The fourth-order valence-electron chi connectivity index (χ4n) is 3.67. The largest absolute Gasteiger partial charge is 0.476 e. The second-order valence-corrected chi connectivity index (χ2v) is 10.4. The normalized spacial score (nSPS) is 15.4. The molecule has 200 valence electrons. The van der Waals surface area contributed by atoms with Crippen molar-refractivity contribution in [1.82, 2.24) is 0 Å². The van der Waals surface area contributed by atoms with Crippen molar-refractivity contribution in [1.29, 1.82) is 0 Å². The van der Waals surface area contributed by atoms with E-state index in [2.05, 4.69) is 13.8 Å². The maximum atomic E-state index is 12.4. The van der Waals surface area contributed by atoms with Gasteiger partial charge in [0.1, 0.15) is 0 Å². The Bertz CT molecular complexity index is 412. The van der Waals surface area contributed by atoms with Crippen molar-refractivity contribution >= 4 is 7.82 Å². The maximum absolute atomic E-state index is 12.4. The number of ether oxygens (including phenoxy) is 2.